The van der Waals surface area contributed by atoms with E-state index in [0.29, 0.717) is 30.4 Å². The Balaban J connectivity index is 1.59. The van der Waals surface area contributed by atoms with E-state index in [9.17, 15) is 0 Å². The first kappa shape index (κ1) is 16.6. The molecular formula is C17H23N3O4. The van der Waals surface area contributed by atoms with E-state index in [2.05, 4.69) is 14.9 Å². The monoisotopic (exact) mass is 333 g/mol. The van der Waals surface area contributed by atoms with Crippen LogP contribution >= 0.6 is 0 Å². The second-order valence-corrected chi connectivity index (χ2v) is 5.59. The number of nitrogens with one attached hydrogen (secondary N) is 1. The molecular weight excluding hydrogens is 310 g/mol. The van der Waals surface area contributed by atoms with Crippen molar-refractivity contribution in [3.63, 3.8) is 0 Å². The number of benzene rings is 1. The molecule has 0 fully saturated rings. The molecule has 0 saturated carbocycles. The number of nitrogens with zero attached hydrogens (tertiary/aromatic N) is 2. The standard InChI is InChI=1S/C17H23N3O4/c1-21-14-6-12(7-15(22-2)17(14)23-3)8-18-9-13-10-20-5-4-19-16(20)11-24-13/h4-7,13,18H,8-11H2,1-3H3. The van der Waals surface area contributed by atoms with Crippen LogP contribution in [0.15, 0.2) is 24.5 Å². The Kier molecular flexibility index (Phi) is 5.22. The highest BCUT2D eigenvalue weighted by Crippen LogP contribution is 2.38. The third-order valence-electron chi connectivity index (χ3n) is 4.08. The second kappa shape index (κ2) is 7.55. The Hall–Kier alpha value is -2.25. The van der Waals surface area contributed by atoms with E-state index in [1.165, 1.54) is 0 Å². The molecule has 130 valence electrons. The molecule has 1 aromatic carbocycles. The number of aromatic nitrogens is 2. The Bertz CT molecular complexity index is 661. The Morgan fingerprint density at radius 1 is 1.21 bits per heavy atom. The van der Waals surface area contributed by atoms with Crippen LogP contribution in [0.1, 0.15) is 11.4 Å². The van der Waals surface area contributed by atoms with Crippen molar-refractivity contribution in [1.82, 2.24) is 14.9 Å². The van der Waals surface area contributed by atoms with Gasteiger partial charge >= 0.3 is 0 Å². The summed E-state index contributed by atoms with van der Waals surface area (Å²) in [5.74, 6) is 2.90. The van der Waals surface area contributed by atoms with Gasteiger partial charge in [-0.25, -0.2) is 4.98 Å². The van der Waals surface area contributed by atoms with Crippen molar-refractivity contribution in [2.75, 3.05) is 27.9 Å². The number of methoxy groups -OCH3 is 3. The van der Waals surface area contributed by atoms with Crippen LogP contribution in [0.5, 0.6) is 17.2 Å². The molecule has 1 N–H and O–H groups in total. The number of fused-ring (bicyclic) bond motifs is 1. The largest absolute Gasteiger partial charge is 0.493 e. The summed E-state index contributed by atoms with van der Waals surface area (Å²) in [5.41, 5.74) is 1.06. The fourth-order valence-electron chi connectivity index (χ4n) is 2.85. The summed E-state index contributed by atoms with van der Waals surface area (Å²) >= 11 is 0. The lowest BCUT2D eigenvalue weighted by molar-refractivity contribution is 0.00277. The first-order valence-corrected chi connectivity index (χ1v) is 7.86. The zero-order valence-electron chi connectivity index (χ0n) is 14.2. The van der Waals surface area contributed by atoms with Gasteiger partial charge in [-0.2, -0.15) is 0 Å². The predicted molar refractivity (Wildman–Crippen MR) is 88.6 cm³/mol. The normalized spacial score (nSPS) is 16.5. The van der Waals surface area contributed by atoms with Crippen molar-refractivity contribution in [2.45, 2.75) is 25.8 Å². The highest BCUT2D eigenvalue weighted by molar-refractivity contribution is 5.53. The number of ether oxygens (including phenoxy) is 4. The minimum absolute atomic E-state index is 0.133. The Morgan fingerprint density at radius 2 is 1.96 bits per heavy atom. The number of hydrogen-bond acceptors (Lipinski definition) is 6. The summed E-state index contributed by atoms with van der Waals surface area (Å²) in [7, 11) is 4.84. The Labute approximate surface area is 141 Å². The van der Waals surface area contributed by atoms with Gasteiger partial charge in [0.2, 0.25) is 5.75 Å². The molecule has 3 rings (SSSR count). The molecule has 0 amide bonds. The third kappa shape index (κ3) is 3.47. The van der Waals surface area contributed by atoms with Crippen LogP contribution in [-0.2, 0) is 24.4 Å². The molecule has 0 saturated heterocycles. The summed E-state index contributed by atoms with van der Waals surface area (Å²) in [4.78, 5) is 4.25. The lowest BCUT2D eigenvalue weighted by Crippen LogP contribution is -2.35. The van der Waals surface area contributed by atoms with Gasteiger partial charge < -0.3 is 28.8 Å². The molecule has 2 aromatic rings. The van der Waals surface area contributed by atoms with E-state index in [1.807, 2.05) is 24.5 Å². The first-order valence-electron chi connectivity index (χ1n) is 7.86. The fraction of sp³-hybridized carbons (Fsp3) is 0.471. The minimum Gasteiger partial charge on any atom is -0.493 e. The summed E-state index contributed by atoms with van der Waals surface area (Å²) in [6, 6.07) is 3.90. The molecule has 0 radical (unpaired) electrons. The van der Waals surface area contributed by atoms with E-state index in [-0.39, 0.29) is 6.10 Å². The molecule has 7 heteroatoms. The average molecular weight is 333 g/mol. The molecule has 1 aromatic heterocycles. The quantitative estimate of drug-likeness (QED) is 0.830. The minimum atomic E-state index is 0.133. The van der Waals surface area contributed by atoms with Crippen molar-refractivity contribution in [2.24, 2.45) is 0 Å². The highest BCUT2D eigenvalue weighted by atomic mass is 16.5. The SMILES string of the molecule is COc1cc(CNCC2Cn3ccnc3CO2)cc(OC)c1OC. The van der Waals surface area contributed by atoms with Gasteiger partial charge in [0.1, 0.15) is 12.4 Å². The van der Waals surface area contributed by atoms with Crippen molar-refractivity contribution < 1.29 is 18.9 Å². The van der Waals surface area contributed by atoms with Crippen LogP contribution in [0.2, 0.25) is 0 Å². The zero-order chi connectivity index (χ0) is 16.9. The van der Waals surface area contributed by atoms with Gasteiger partial charge in [0, 0.05) is 25.5 Å². The van der Waals surface area contributed by atoms with Crippen LogP contribution in [0.4, 0.5) is 0 Å². The van der Waals surface area contributed by atoms with E-state index in [4.69, 9.17) is 18.9 Å². The summed E-state index contributed by atoms with van der Waals surface area (Å²) in [5, 5.41) is 3.42. The maximum Gasteiger partial charge on any atom is 0.203 e. The molecule has 1 aliphatic heterocycles. The predicted octanol–water partition coefficient (Wildman–Crippen LogP) is 1.60. The maximum absolute atomic E-state index is 5.81. The molecule has 1 aliphatic rings. The topological polar surface area (TPSA) is 66.8 Å². The second-order valence-electron chi connectivity index (χ2n) is 5.59. The molecule has 0 spiro atoms. The van der Waals surface area contributed by atoms with Gasteiger partial charge in [-0.15, -0.1) is 0 Å². The molecule has 2 heterocycles. The highest BCUT2D eigenvalue weighted by Gasteiger charge is 2.19. The molecule has 0 bridgehead atoms. The van der Waals surface area contributed by atoms with E-state index >= 15 is 0 Å². The van der Waals surface area contributed by atoms with Crippen molar-refractivity contribution >= 4 is 0 Å². The fourth-order valence-corrected chi connectivity index (χ4v) is 2.85. The van der Waals surface area contributed by atoms with Crippen LogP contribution in [0.3, 0.4) is 0 Å². The van der Waals surface area contributed by atoms with Crippen LogP contribution in [0, 0.1) is 0 Å². The summed E-state index contributed by atoms with van der Waals surface area (Å²) in [6.07, 6.45) is 3.93. The van der Waals surface area contributed by atoms with Crippen molar-refractivity contribution in [1.29, 1.82) is 0 Å². The zero-order valence-corrected chi connectivity index (χ0v) is 14.2. The van der Waals surface area contributed by atoms with Crippen molar-refractivity contribution in [3.8, 4) is 17.2 Å². The van der Waals surface area contributed by atoms with Crippen LogP contribution in [-0.4, -0.2) is 43.5 Å². The van der Waals surface area contributed by atoms with Gasteiger partial charge in [-0.05, 0) is 17.7 Å². The molecule has 1 unspecified atom stereocenters. The summed E-state index contributed by atoms with van der Waals surface area (Å²) < 4.78 is 24.0. The molecule has 1 atom stereocenters. The number of hydrogen-bond donors (Lipinski definition) is 1. The van der Waals surface area contributed by atoms with Gasteiger partial charge in [0.25, 0.3) is 0 Å². The van der Waals surface area contributed by atoms with E-state index in [0.717, 1.165) is 24.5 Å². The van der Waals surface area contributed by atoms with Crippen LogP contribution < -0.4 is 19.5 Å². The van der Waals surface area contributed by atoms with E-state index in [1.54, 1.807) is 21.3 Å². The first-order chi connectivity index (χ1) is 11.7. The van der Waals surface area contributed by atoms with Gasteiger partial charge in [0.15, 0.2) is 11.5 Å². The van der Waals surface area contributed by atoms with Crippen LogP contribution in [0.25, 0.3) is 0 Å². The van der Waals surface area contributed by atoms with Gasteiger partial charge in [-0.3, -0.25) is 0 Å². The molecule has 24 heavy (non-hydrogen) atoms. The maximum atomic E-state index is 5.81. The average Bonchev–Trinajstić information content (AvgIpc) is 3.08. The molecule has 7 nitrogen and oxygen atoms in total. The third-order valence-corrected chi connectivity index (χ3v) is 4.08. The summed E-state index contributed by atoms with van der Waals surface area (Å²) in [6.45, 7) is 2.82. The smallest absolute Gasteiger partial charge is 0.203 e. The number of rotatable bonds is 7. The Morgan fingerprint density at radius 3 is 2.62 bits per heavy atom. The lowest BCUT2D eigenvalue weighted by atomic mass is 10.1. The molecule has 0 aliphatic carbocycles. The van der Waals surface area contributed by atoms with E-state index < -0.39 is 0 Å². The lowest BCUT2D eigenvalue weighted by Gasteiger charge is -2.24. The van der Waals surface area contributed by atoms with Crippen molar-refractivity contribution in [3.05, 3.63) is 35.9 Å². The van der Waals surface area contributed by atoms with Gasteiger partial charge in [-0.1, -0.05) is 0 Å². The van der Waals surface area contributed by atoms with Gasteiger partial charge in [0.05, 0.1) is 34.0 Å². The number of imidazole rings is 1.